The molecule has 1 aromatic rings. The first kappa shape index (κ1) is 14.8. The van der Waals surface area contributed by atoms with Gasteiger partial charge < -0.3 is 10.2 Å². The molecule has 2 aliphatic carbocycles. The van der Waals surface area contributed by atoms with E-state index in [4.69, 9.17) is 7.85 Å². The maximum Gasteiger partial charge on any atom is 0.254 e. The summed E-state index contributed by atoms with van der Waals surface area (Å²) in [6.07, 6.45) is 4.22. The Morgan fingerprint density at radius 3 is 2.78 bits per heavy atom. The van der Waals surface area contributed by atoms with Crippen molar-refractivity contribution in [2.24, 2.45) is 5.92 Å². The van der Waals surface area contributed by atoms with E-state index in [1.165, 1.54) is 0 Å². The van der Waals surface area contributed by atoms with Gasteiger partial charge >= 0.3 is 0 Å². The van der Waals surface area contributed by atoms with Crippen molar-refractivity contribution < 1.29 is 9.59 Å². The van der Waals surface area contributed by atoms with E-state index in [0.717, 1.165) is 31.2 Å². The normalized spacial score (nSPS) is 27.3. The number of rotatable bonds is 3. The zero-order valence-electron chi connectivity index (χ0n) is 13.5. The predicted octanol–water partition coefficient (Wildman–Crippen LogP) is 0.882. The van der Waals surface area contributed by atoms with Crippen molar-refractivity contribution >= 4 is 25.1 Å². The van der Waals surface area contributed by atoms with Gasteiger partial charge in [0.25, 0.3) is 5.91 Å². The Balaban J connectivity index is 1.49. The fraction of sp³-hybridized carbons (Fsp3) is 0.556. The molecule has 4 rings (SSSR count). The highest BCUT2D eigenvalue weighted by atomic mass is 16.2. The monoisotopic (exact) mass is 308 g/mol. The summed E-state index contributed by atoms with van der Waals surface area (Å²) in [4.78, 5) is 26.7. The molecule has 0 bridgehead atoms. The average Bonchev–Trinajstić information content (AvgIpc) is 3.23. The summed E-state index contributed by atoms with van der Waals surface area (Å²) in [5.41, 5.74) is 2.53. The molecule has 0 unspecified atom stereocenters. The van der Waals surface area contributed by atoms with Gasteiger partial charge in [-0.2, -0.15) is 0 Å². The van der Waals surface area contributed by atoms with Crippen LogP contribution in [0.25, 0.3) is 0 Å². The molecule has 118 valence electrons. The van der Waals surface area contributed by atoms with Crippen LogP contribution in [0.2, 0.25) is 0 Å². The zero-order chi connectivity index (χ0) is 16.2. The molecule has 2 fully saturated rings. The van der Waals surface area contributed by atoms with Gasteiger partial charge in [-0.25, -0.2) is 0 Å². The highest BCUT2D eigenvalue weighted by Crippen LogP contribution is 2.52. The maximum atomic E-state index is 12.7. The van der Waals surface area contributed by atoms with Gasteiger partial charge in [0.1, 0.15) is 7.85 Å². The number of nitrogens with zero attached hydrogens (tertiary/aromatic N) is 1. The maximum absolute atomic E-state index is 12.7. The van der Waals surface area contributed by atoms with Gasteiger partial charge in [-0.1, -0.05) is 24.5 Å². The molecule has 2 radical (unpaired) electrons. The SMILES string of the molecule is [B]c1ccc2c(c1)C1(CC1)CN(CC(=O)NC1CC(C)C1)C2=O. The van der Waals surface area contributed by atoms with Crippen LogP contribution in [0.15, 0.2) is 18.2 Å². The second-order valence-corrected chi connectivity index (χ2v) is 7.59. The standard InChI is InChI=1S/C18H21BN2O2/c1-11-6-13(7-11)20-16(22)9-21-10-18(4-5-18)15-8-12(19)2-3-14(15)17(21)23/h2-3,8,11,13H,4-7,9-10H2,1H3,(H,20,22). The van der Waals surface area contributed by atoms with E-state index in [1.54, 1.807) is 11.0 Å². The molecule has 1 N–H and O–H groups in total. The smallest absolute Gasteiger partial charge is 0.254 e. The van der Waals surface area contributed by atoms with Crippen LogP contribution in [0.4, 0.5) is 0 Å². The van der Waals surface area contributed by atoms with Crippen LogP contribution >= 0.6 is 0 Å². The lowest BCUT2D eigenvalue weighted by atomic mass is 9.81. The highest BCUT2D eigenvalue weighted by Gasteiger charge is 2.51. The molecule has 1 aromatic carbocycles. The van der Waals surface area contributed by atoms with Gasteiger partial charge in [-0.15, -0.1) is 0 Å². The lowest BCUT2D eigenvalue weighted by molar-refractivity contribution is -0.123. The topological polar surface area (TPSA) is 49.4 Å². The minimum Gasteiger partial charge on any atom is -0.352 e. The summed E-state index contributed by atoms with van der Waals surface area (Å²) in [5, 5.41) is 3.04. The summed E-state index contributed by atoms with van der Waals surface area (Å²) < 4.78 is 0. The number of carbonyl (C=O) groups is 2. The Bertz CT molecular complexity index is 678. The summed E-state index contributed by atoms with van der Waals surface area (Å²) in [7, 11) is 5.89. The third-order valence-electron chi connectivity index (χ3n) is 5.55. The number of amides is 2. The molecule has 1 spiro atoms. The van der Waals surface area contributed by atoms with E-state index in [1.807, 2.05) is 12.1 Å². The van der Waals surface area contributed by atoms with Crippen molar-refractivity contribution in [1.29, 1.82) is 0 Å². The van der Waals surface area contributed by atoms with Crippen molar-refractivity contribution in [2.75, 3.05) is 13.1 Å². The number of benzene rings is 1. The lowest BCUT2D eigenvalue weighted by Crippen LogP contribution is -2.51. The molecule has 0 aromatic heterocycles. The van der Waals surface area contributed by atoms with Crippen LogP contribution in [0.3, 0.4) is 0 Å². The number of fused-ring (bicyclic) bond motifs is 2. The molecule has 1 heterocycles. The quantitative estimate of drug-likeness (QED) is 0.843. The summed E-state index contributed by atoms with van der Waals surface area (Å²) in [6, 6.07) is 5.81. The Hall–Kier alpha value is -1.78. The molecule has 23 heavy (non-hydrogen) atoms. The first-order chi connectivity index (χ1) is 11.0. The molecule has 2 amide bonds. The summed E-state index contributed by atoms with van der Waals surface area (Å²) >= 11 is 0. The van der Waals surface area contributed by atoms with E-state index in [0.29, 0.717) is 29.5 Å². The van der Waals surface area contributed by atoms with Gasteiger partial charge in [0.15, 0.2) is 0 Å². The number of carbonyl (C=O) groups excluding carboxylic acids is 2. The third-order valence-corrected chi connectivity index (χ3v) is 5.55. The average molecular weight is 308 g/mol. The molecule has 0 atom stereocenters. The number of nitrogens with one attached hydrogen (secondary N) is 1. The van der Waals surface area contributed by atoms with Gasteiger partial charge in [-0.05, 0) is 43.2 Å². The highest BCUT2D eigenvalue weighted by molar-refractivity contribution is 6.32. The fourth-order valence-corrected chi connectivity index (χ4v) is 4.05. The minimum absolute atomic E-state index is 0.0316. The van der Waals surface area contributed by atoms with E-state index in [2.05, 4.69) is 12.2 Å². The number of hydrogen-bond donors (Lipinski definition) is 1. The lowest BCUT2D eigenvalue weighted by Gasteiger charge is -2.36. The van der Waals surface area contributed by atoms with Crippen molar-refractivity contribution in [3.05, 3.63) is 29.3 Å². The molecule has 5 heteroatoms. The Morgan fingerprint density at radius 2 is 2.13 bits per heavy atom. The second-order valence-electron chi connectivity index (χ2n) is 7.59. The third kappa shape index (κ3) is 2.56. The summed E-state index contributed by atoms with van der Waals surface area (Å²) in [5.74, 6) is 0.614. The first-order valence-corrected chi connectivity index (χ1v) is 8.45. The minimum atomic E-state index is -0.0466. The van der Waals surface area contributed by atoms with Crippen LogP contribution in [0.1, 0.15) is 48.5 Å². The molecular weight excluding hydrogens is 287 g/mol. The van der Waals surface area contributed by atoms with Gasteiger partial charge in [0.2, 0.25) is 5.91 Å². The molecule has 1 aliphatic heterocycles. The van der Waals surface area contributed by atoms with Gasteiger partial charge in [0.05, 0.1) is 6.54 Å². The van der Waals surface area contributed by atoms with Crippen molar-refractivity contribution in [3.63, 3.8) is 0 Å². The van der Waals surface area contributed by atoms with Crippen molar-refractivity contribution in [2.45, 2.75) is 44.1 Å². The van der Waals surface area contributed by atoms with Gasteiger partial charge in [-0.3, -0.25) is 9.59 Å². The Kier molecular flexibility index (Phi) is 3.29. The Morgan fingerprint density at radius 1 is 1.39 bits per heavy atom. The summed E-state index contributed by atoms with van der Waals surface area (Å²) in [6.45, 7) is 2.99. The van der Waals surface area contributed by atoms with Crippen LogP contribution in [-0.2, 0) is 10.2 Å². The Labute approximate surface area is 138 Å². The molecule has 0 saturated heterocycles. The van der Waals surface area contributed by atoms with Crippen molar-refractivity contribution in [1.82, 2.24) is 10.2 Å². The van der Waals surface area contributed by atoms with Crippen LogP contribution in [-0.4, -0.2) is 43.7 Å². The van der Waals surface area contributed by atoms with Gasteiger partial charge in [0, 0.05) is 23.6 Å². The zero-order valence-corrected chi connectivity index (χ0v) is 13.5. The molecule has 3 aliphatic rings. The fourth-order valence-electron chi connectivity index (χ4n) is 4.05. The van der Waals surface area contributed by atoms with Crippen LogP contribution in [0.5, 0.6) is 0 Å². The van der Waals surface area contributed by atoms with E-state index < -0.39 is 0 Å². The molecule has 2 saturated carbocycles. The molecular formula is C18H21BN2O2. The molecule has 4 nitrogen and oxygen atoms in total. The van der Waals surface area contributed by atoms with E-state index in [-0.39, 0.29) is 23.8 Å². The first-order valence-electron chi connectivity index (χ1n) is 8.45. The second kappa shape index (κ2) is 5.12. The largest absolute Gasteiger partial charge is 0.352 e. The van der Waals surface area contributed by atoms with E-state index >= 15 is 0 Å². The number of hydrogen-bond acceptors (Lipinski definition) is 2. The predicted molar refractivity (Wildman–Crippen MR) is 89.0 cm³/mol. The van der Waals surface area contributed by atoms with Crippen molar-refractivity contribution in [3.8, 4) is 0 Å². The van der Waals surface area contributed by atoms with Crippen LogP contribution < -0.4 is 10.8 Å². The van der Waals surface area contributed by atoms with E-state index in [9.17, 15) is 9.59 Å². The van der Waals surface area contributed by atoms with Crippen LogP contribution in [0, 0.1) is 5.92 Å².